The van der Waals surface area contributed by atoms with Gasteiger partial charge in [-0.25, -0.2) is 0 Å². The smallest absolute Gasteiger partial charge is 0.294 e. The third-order valence-electron chi connectivity index (χ3n) is 2.13. The monoisotopic (exact) mass is 229 g/mol. The Hall–Kier alpha value is -1.44. The Kier molecular flexibility index (Phi) is 2.03. The lowest BCUT2D eigenvalue weighted by atomic mass is 10.1. The zero-order valence-electron chi connectivity index (χ0n) is 7.34. The number of amides is 1. The van der Waals surface area contributed by atoms with E-state index >= 15 is 0 Å². The molecular weight excluding hydrogens is 222 g/mol. The maximum atomic E-state index is 11.2. The quantitative estimate of drug-likeness (QED) is 0.572. The summed E-state index contributed by atoms with van der Waals surface area (Å²) in [6, 6.07) is 3.81. The highest BCUT2D eigenvalue weighted by molar-refractivity contribution is 7.85. The summed E-state index contributed by atoms with van der Waals surface area (Å²) in [7, 11) is -4.44. The summed E-state index contributed by atoms with van der Waals surface area (Å²) >= 11 is 0. The maximum Gasteiger partial charge on any atom is 0.294 e. The molecule has 0 radical (unpaired) electrons. The minimum absolute atomic E-state index is 0.0534. The van der Waals surface area contributed by atoms with Crippen LogP contribution in [0.4, 0.5) is 0 Å². The Morgan fingerprint density at radius 2 is 2.00 bits per heavy atom. The van der Waals surface area contributed by atoms with Crippen molar-refractivity contribution in [3.63, 3.8) is 0 Å². The number of benzene rings is 1. The van der Waals surface area contributed by atoms with Gasteiger partial charge in [0.15, 0.2) is 6.23 Å². The Morgan fingerprint density at radius 3 is 2.60 bits per heavy atom. The molecule has 0 saturated heterocycles. The predicted octanol–water partition coefficient (Wildman–Crippen LogP) is -0.332. The third-order valence-corrected chi connectivity index (χ3v) is 3.04. The molecule has 15 heavy (non-hydrogen) atoms. The van der Waals surface area contributed by atoms with Crippen LogP contribution in [0.5, 0.6) is 0 Å². The summed E-state index contributed by atoms with van der Waals surface area (Å²) < 4.78 is 30.8. The van der Waals surface area contributed by atoms with Gasteiger partial charge in [0, 0.05) is 11.1 Å². The van der Waals surface area contributed by atoms with E-state index in [4.69, 9.17) is 4.55 Å². The molecule has 1 unspecified atom stereocenters. The first kappa shape index (κ1) is 10.1. The predicted molar refractivity (Wildman–Crippen MR) is 48.7 cm³/mol. The van der Waals surface area contributed by atoms with Crippen molar-refractivity contribution in [3.05, 3.63) is 29.3 Å². The largest absolute Gasteiger partial charge is 0.369 e. The normalized spacial score (nSPS) is 19.9. The van der Waals surface area contributed by atoms with Crippen LogP contribution in [0.1, 0.15) is 22.1 Å². The molecule has 1 atom stereocenters. The van der Waals surface area contributed by atoms with Gasteiger partial charge in [0.2, 0.25) is 0 Å². The number of nitrogens with one attached hydrogen (secondary N) is 1. The Labute approximate surface area is 85.3 Å². The SMILES string of the molecule is O=C1NC(O)c2c1cccc2S(=O)(=O)O. The average molecular weight is 229 g/mol. The van der Waals surface area contributed by atoms with Crippen molar-refractivity contribution in [2.45, 2.75) is 11.1 Å². The molecule has 1 aromatic rings. The molecule has 1 aromatic carbocycles. The van der Waals surface area contributed by atoms with Crippen LogP contribution in [0.2, 0.25) is 0 Å². The molecule has 0 aliphatic carbocycles. The molecule has 2 rings (SSSR count). The number of carbonyl (C=O) groups excluding carboxylic acids is 1. The zero-order chi connectivity index (χ0) is 11.2. The van der Waals surface area contributed by atoms with E-state index in [2.05, 4.69) is 5.32 Å². The summed E-state index contributed by atoms with van der Waals surface area (Å²) in [4.78, 5) is 10.8. The van der Waals surface area contributed by atoms with E-state index in [1.165, 1.54) is 12.1 Å². The molecule has 80 valence electrons. The van der Waals surface area contributed by atoms with Crippen LogP contribution >= 0.6 is 0 Å². The number of carbonyl (C=O) groups is 1. The molecule has 1 aliphatic heterocycles. The number of hydrogen-bond acceptors (Lipinski definition) is 4. The minimum Gasteiger partial charge on any atom is -0.369 e. The van der Waals surface area contributed by atoms with Crippen LogP contribution in [0.3, 0.4) is 0 Å². The van der Waals surface area contributed by atoms with E-state index in [1.807, 2.05) is 0 Å². The summed E-state index contributed by atoms with van der Waals surface area (Å²) in [5.74, 6) is -0.567. The Bertz CT molecular complexity index is 536. The fourth-order valence-corrected chi connectivity index (χ4v) is 2.27. The molecule has 7 heteroatoms. The Morgan fingerprint density at radius 1 is 1.33 bits per heavy atom. The first-order valence-electron chi connectivity index (χ1n) is 4.00. The van der Waals surface area contributed by atoms with Crippen molar-refractivity contribution in [3.8, 4) is 0 Å². The maximum absolute atomic E-state index is 11.2. The number of hydrogen-bond donors (Lipinski definition) is 3. The van der Waals surface area contributed by atoms with Gasteiger partial charge in [0.1, 0.15) is 4.90 Å². The highest BCUT2D eigenvalue weighted by atomic mass is 32.2. The molecule has 0 bridgehead atoms. The third kappa shape index (κ3) is 1.50. The van der Waals surface area contributed by atoms with E-state index in [1.54, 1.807) is 0 Å². The van der Waals surface area contributed by atoms with Gasteiger partial charge >= 0.3 is 0 Å². The molecule has 1 aliphatic rings. The topological polar surface area (TPSA) is 104 Å². The number of rotatable bonds is 1. The van der Waals surface area contributed by atoms with Gasteiger partial charge in [0.25, 0.3) is 16.0 Å². The highest BCUT2D eigenvalue weighted by Crippen LogP contribution is 2.29. The molecule has 1 heterocycles. The van der Waals surface area contributed by atoms with Crippen molar-refractivity contribution in [2.75, 3.05) is 0 Å². The second-order valence-corrected chi connectivity index (χ2v) is 4.46. The lowest BCUT2D eigenvalue weighted by Gasteiger charge is -2.06. The molecule has 0 fully saturated rings. The summed E-state index contributed by atoms with van der Waals surface area (Å²) in [5.41, 5.74) is -0.0531. The van der Waals surface area contributed by atoms with Crippen LogP contribution in [0, 0.1) is 0 Å². The van der Waals surface area contributed by atoms with Gasteiger partial charge in [-0.05, 0) is 12.1 Å². The van der Waals surface area contributed by atoms with Gasteiger partial charge in [0.05, 0.1) is 0 Å². The Balaban J connectivity index is 2.77. The molecule has 0 saturated carbocycles. The van der Waals surface area contributed by atoms with Gasteiger partial charge in [-0.2, -0.15) is 8.42 Å². The second kappa shape index (κ2) is 3.02. The second-order valence-electron chi connectivity index (χ2n) is 3.07. The van der Waals surface area contributed by atoms with Crippen molar-refractivity contribution in [2.24, 2.45) is 0 Å². The van der Waals surface area contributed by atoms with Crippen LogP contribution in [0.25, 0.3) is 0 Å². The number of fused-ring (bicyclic) bond motifs is 1. The van der Waals surface area contributed by atoms with E-state index in [0.717, 1.165) is 6.07 Å². The molecular formula is C8H7NO5S. The molecule has 0 aromatic heterocycles. The molecule has 1 amide bonds. The molecule has 6 nitrogen and oxygen atoms in total. The van der Waals surface area contributed by atoms with Crippen molar-refractivity contribution in [1.82, 2.24) is 5.32 Å². The zero-order valence-corrected chi connectivity index (χ0v) is 8.15. The van der Waals surface area contributed by atoms with Crippen molar-refractivity contribution < 1.29 is 22.9 Å². The van der Waals surface area contributed by atoms with Crippen LogP contribution < -0.4 is 5.32 Å². The summed E-state index contributed by atoms with van der Waals surface area (Å²) in [5, 5.41) is 11.5. The van der Waals surface area contributed by atoms with Gasteiger partial charge in [-0.1, -0.05) is 6.07 Å². The van der Waals surface area contributed by atoms with Crippen molar-refractivity contribution in [1.29, 1.82) is 0 Å². The summed E-state index contributed by atoms with van der Waals surface area (Å²) in [6.45, 7) is 0. The number of aliphatic hydroxyl groups excluding tert-OH is 1. The lowest BCUT2D eigenvalue weighted by molar-refractivity contribution is 0.0847. The molecule has 0 spiro atoms. The highest BCUT2D eigenvalue weighted by Gasteiger charge is 2.32. The summed E-state index contributed by atoms with van der Waals surface area (Å²) in [6.07, 6.45) is -1.40. The fraction of sp³-hybridized carbons (Fsp3) is 0.125. The minimum atomic E-state index is -4.44. The van der Waals surface area contributed by atoms with Gasteiger partial charge in [-0.15, -0.1) is 0 Å². The van der Waals surface area contributed by atoms with Gasteiger partial charge in [-0.3, -0.25) is 9.35 Å². The van der Waals surface area contributed by atoms with Gasteiger partial charge < -0.3 is 10.4 Å². The van der Waals surface area contributed by atoms with Crippen LogP contribution in [0.15, 0.2) is 23.1 Å². The van der Waals surface area contributed by atoms with E-state index in [0.29, 0.717) is 0 Å². The van der Waals surface area contributed by atoms with Crippen LogP contribution in [-0.2, 0) is 10.1 Å². The van der Waals surface area contributed by atoms with Crippen molar-refractivity contribution >= 4 is 16.0 Å². The fourth-order valence-electron chi connectivity index (χ4n) is 1.52. The standard InChI is InChI=1S/C8H7NO5S/c10-7-4-2-1-3-5(15(12,13)14)6(4)8(11)9-7/h1-3,8,11H,(H,9,10)(H,12,13,14). The number of aliphatic hydroxyl groups is 1. The van der Waals surface area contributed by atoms with Crippen LogP contribution in [-0.4, -0.2) is 24.0 Å². The first-order valence-corrected chi connectivity index (χ1v) is 5.44. The lowest BCUT2D eigenvalue weighted by Crippen LogP contribution is -2.18. The van der Waals surface area contributed by atoms with E-state index in [-0.39, 0.29) is 11.1 Å². The van der Waals surface area contributed by atoms with E-state index in [9.17, 15) is 18.3 Å². The van der Waals surface area contributed by atoms with E-state index < -0.39 is 27.1 Å². The average Bonchev–Trinajstić information content (AvgIpc) is 2.41. The molecule has 3 N–H and O–H groups in total. The first-order chi connectivity index (χ1) is 6.91.